The Morgan fingerprint density at radius 2 is 1.68 bits per heavy atom. The lowest BCUT2D eigenvalue weighted by Crippen LogP contribution is -2.42. The third kappa shape index (κ3) is 5.25. The van der Waals surface area contributed by atoms with Gasteiger partial charge in [0.25, 0.3) is 11.7 Å². The Balaban J connectivity index is 1.83. The van der Waals surface area contributed by atoms with Crippen molar-refractivity contribution in [3.05, 3.63) is 51.5 Å². The molecule has 37 heavy (non-hydrogen) atoms. The Bertz CT molecular complexity index is 1230. The first-order chi connectivity index (χ1) is 17.8. The van der Waals surface area contributed by atoms with E-state index >= 15 is 0 Å². The largest absolute Gasteiger partial charge is 0.507 e. The molecule has 11 heteroatoms. The monoisotopic (exact) mass is 576 g/mol. The number of aliphatic hydroxyl groups is 1. The number of Topliss-reactive ketones (excluding diaryl/α,β-unsaturated/α-hetero) is 1. The second-order valence-electron chi connectivity index (χ2n) is 8.57. The van der Waals surface area contributed by atoms with E-state index in [1.165, 1.54) is 26.2 Å². The molecular formula is C26H29BrN2O8. The van der Waals surface area contributed by atoms with Gasteiger partial charge >= 0.3 is 0 Å². The summed E-state index contributed by atoms with van der Waals surface area (Å²) in [4.78, 5) is 30.2. The molecule has 2 aliphatic heterocycles. The Labute approximate surface area is 223 Å². The number of carbonyl (C=O) groups is 2. The standard InChI is InChI=1S/C26H29BrN2O8/c1-34-18-5-4-15(13-19(18)35-2)23(30)21-22(16-12-17(27)24(31)20(14-16)36-3)29(26(33)25(21)32)7-6-28-8-10-37-11-9-28/h4-5,12-14,22,30-31H,6-11H2,1-3H3/b23-21-. The SMILES string of the molecule is COc1ccc(/C(O)=C2/C(=O)C(=O)N(CCN3CCOCC3)C2c2cc(Br)c(O)c(OC)c2)cc1OC. The van der Waals surface area contributed by atoms with Crippen LogP contribution in [0.15, 0.2) is 40.4 Å². The molecule has 2 aromatic rings. The van der Waals surface area contributed by atoms with E-state index in [-0.39, 0.29) is 29.4 Å². The first kappa shape index (κ1) is 26.8. The molecule has 10 nitrogen and oxygen atoms in total. The highest BCUT2D eigenvalue weighted by Gasteiger charge is 2.46. The van der Waals surface area contributed by atoms with Crippen molar-refractivity contribution in [1.82, 2.24) is 9.80 Å². The first-order valence-electron chi connectivity index (χ1n) is 11.7. The Hall–Kier alpha value is -3.28. The lowest BCUT2D eigenvalue weighted by Gasteiger charge is -2.31. The number of nitrogens with zero attached hydrogens (tertiary/aromatic N) is 2. The number of phenolic OH excluding ortho intramolecular Hbond substituents is 1. The van der Waals surface area contributed by atoms with Gasteiger partial charge in [0.15, 0.2) is 23.0 Å². The molecule has 0 saturated carbocycles. The van der Waals surface area contributed by atoms with Crippen molar-refractivity contribution in [2.75, 3.05) is 60.7 Å². The number of phenols is 1. The number of amides is 1. The van der Waals surface area contributed by atoms with E-state index in [0.29, 0.717) is 46.9 Å². The fourth-order valence-electron chi connectivity index (χ4n) is 4.58. The molecule has 2 N–H and O–H groups in total. The van der Waals surface area contributed by atoms with E-state index in [0.717, 1.165) is 13.1 Å². The zero-order valence-electron chi connectivity index (χ0n) is 20.8. The molecule has 2 heterocycles. The molecule has 1 atom stereocenters. The van der Waals surface area contributed by atoms with Crippen LogP contribution in [0.1, 0.15) is 17.2 Å². The quantitative estimate of drug-likeness (QED) is 0.278. The molecule has 2 aromatic carbocycles. The van der Waals surface area contributed by atoms with Gasteiger partial charge in [-0.15, -0.1) is 0 Å². The van der Waals surface area contributed by atoms with Gasteiger partial charge in [-0.25, -0.2) is 0 Å². The number of carbonyl (C=O) groups excluding carboxylic acids is 2. The van der Waals surface area contributed by atoms with Crippen LogP contribution in [0.3, 0.4) is 0 Å². The predicted octanol–water partition coefficient (Wildman–Crippen LogP) is 2.93. The fourth-order valence-corrected chi connectivity index (χ4v) is 5.04. The van der Waals surface area contributed by atoms with Crippen molar-refractivity contribution in [2.24, 2.45) is 0 Å². The van der Waals surface area contributed by atoms with Gasteiger partial charge < -0.3 is 34.1 Å². The number of morpholine rings is 1. The fraction of sp³-hybridized carbons (Fsp3) is 0.385. The molecule has 2 saturated heterocycles. The average molecular weight is 577 g/mol. The molecule has 0 radical (unpaired) electrons. The van der Waals surface area contributed by atoms with Gasteiger partial charge in [0.05, 0.1) is 50.6 Å². The summed E-state index contributed by atoms with van der Waals surface area (Å²) in [5, 5.41) is 21.7. The zero-order chi connectivity index (χ0) is 26.7. The van der Waals surface area contributed by atoms with E-state index in [2.05, 4.69) is 20.8 Å². The zero-order valence-corrected chi connectivity index (χ0v) is 22.4. The van der Waals surface area contributed by atoms with Crippen LogP contribution in [0.2, 0.25) is 0 Å². The predicted molar refractivity (Wildman–Crippen MR) is 138 cm³/mol. The van der Waals surface area contributed by atoms with E-state index in [1.807, 2.05) is 0 Å². The number of methoxy groups -OCH3 is 3. The van der Waals surface area contributed by atoms with Crippen LogP contribution in [0.25, 0.3) is 5.76 Å². The molecular weight excluding hydrogens is 548 g/mol. The van der Waals surface area contributed by atoms with Gasteiger partial charge in [-0.1, -0.05) is 0 Å². The number of hydrogen-bond donors (Lipinski definition) is 2. The van der Waals surface area contributed by atoms with E-state index in [9.17, 15) is 19.8 Å². The number of aliphatic hydroxyl groups excluding tert-OH is 1. The van der Waals surface area contributed by atoms with E-state index < -0.39 is 17.7 Å². The van der Waals surface area contributed by atoms with Crippen LogP contribution in [0.5, 0.6) is 23.0 Å². The average Bonchev–Trinajstić information content (AvgIpc) is 3.17. The summed E-state index contributed by atoms with van der Waals surface area (Å²) in [6.07, 6.45) is 0. The third-order valence-corrected chi connectivity index (χ3v) is 7.15. The smallest absolute Gasteiger partial charge is 0.295 e. The van der Waals surface area contributed by atoms with E-state index in [1.54, 1.807) is 30.3 Å². The molecule has 0 aliphatic carbocycles. The second kappa shape index (κ2) is 11.4. The van der Waals surface area contributed by atoms with Gasteiger partial charge in [-0.2, -0.15) is 0 Å². The number of ketones is 1. The minimum absolute atomic E-state index is 0.0705. The lowest BCUT2D eigenvalue weighted by molar-refractivity contribution is -0.140. The minimum atomic E-state index is -0.917. The van der Waals surface area contributed by atoms with Crippen molar-refractivity contribution in [2.45, 2.75) is 6.04 Å². The summed E-state index contributed by atoms with van der Waals surface area (Å²) < 4.78 is 21.7. The van der Waals surface area contributed by atoms with Crippen molar-refractivity contribution in [1.29, 1.82) is 0 Å². The van der Waals surface area contributed by atoms with Crippen molar-refractivity contribution >= 4 is 33.4 Å². The second-order valence-corrected chi connectivity index (χ2v) is 9.42. The van der Waals surface area contributed by atoms with Crippen molar-refractivity contribution in [3.63, 3.8) is 0 Å². The first-order valence-corrected chi connectivity index (χ1v) is 12.5. The van der Waals surface area contributed by atoms with Gasteiger partial charge in [-0.3, -0.25) is 14.5 Å². The van der Waals surface area contributed by atoms with Gasteiger partial charge in [0.1, 0.15) is 5.76 Å². The van der Waals surface area contributed by atoms with Crippen LogP contribution < -0.4 is 14.2 Å². The maximum atomic E-state index is 13.4. The molecule has 0 bridgehead atoms. The summed E-state index contributed by atoms with van der Waals surface area (Å²) in [6.45, 7) is 3.42. The maximum absolute atomic E-state index is 13.4. The van der Waals surface area contributed by atoms with Crippen LogP contribution in [0.4, 0.5) is 0 Å². The van der Waals surface area contributed by atoms with Gasteiger partial charge in [0.2, 0.25) is 0 Å². The van der Waals surface area contributed by atoms with Crippen LogP contribution in [0, 0.1) is 0 Å². The summed E-state index contributed by atoms with van der Waals surface area (Å²) in [6, 6.07) is 6.98. The highest BCUT2D eigenvalue weighted by Crippen LogP contribution is 2.44. The van der Waals surface area contributed by atoms with Crippen LogP contribution in [-0.4, -0.2) is 92.4 Å². The maximum Gasteiger partial charge on any atom is 0.295 e. The molecule has 0 aromatic heterocycles. The molecule has 2 fully saturated rings. The number of benzene rings is 2. The van der Waals surface area contributed by atoms with Crippen molar-refractivity contribution < 1.29 is 38.7 Å². The summed E-state index contributed by atoms with van der Waals surface area (Å²) in [5.41, 5.74) is 0.710. The van der Waals surface area contributed by atoms with Gasteiger partial charge in [-0.05, 0) is 51.8 Å². The Kier molecular flexibility index (Phi) is 8.25. The normalized spacial score (nSPS) is 19.8. The number of rotatable bonds is 8. The highest BCUT2D eigenvalue weighted by molar-refractivity contribution is 9.10. The highest BCUT2D eigenvalue weighted by atomic mass is 79.9. The minimum Gasteiger partial charge on any atom is -0.507 e. The molecule has 1 amide bonds. The number of aromatic hydroxyl groups is 1. The molecule has 0 spiro atoms. The summed E-state index contributed by atoms with van der Waals surface area (Å²) >= 11 is 3.32. The molecule has 4 rings (SSSR count). The molecule has 198 valence electrons. The topological polar surface area (TPSA) is 118 Å². The Morgan fingerprint density at radius 1 is 1.00 bits per heavy atom. The summed E-state index contributed by atoms with van der Waals surface area (Å²) in [5.74, 6) is -1.01. The Morgan fingerprint density at radius 3 is 2.32 bits per heavy atom. The summed E-state index contributed by atoms with van der Waals surface area (Å²) in [7, 11) is 4.37. The molecule has 1 unspecified atom stereocenters. The van der Waals surface area contributed by atoms with Crippen LogP contribution in [-0.2, 0) is 14.3 Å². The third-order valence-electron chi connectivity index (χ3n) is 6.54. The van der Waals surface area contributed by atoms with E-state index in [4.69, 9.17) is 18.9 Å². The van der Waals surface area contributed by atoms with Gasteiger partial charge in [0, 0.05) is 31.7 Å². The number of halogens is 1. The van der Waals surface area contributed by atoms with Crippen LogP contribution >= 0.6 is 15.9 Å². The number of hydrogen-bond acceptors (Lipinski definition) is 9. The molecule has 2 aliphatic rings. The number of ether oxygens (including phenoxy) is 4. The van der Waals surface area contributed by atoms with Crippen molar-refractivity contribution in [3.8, 4) is 23.0 Å². The lowest BCUT2D eigenvalue weighted by atomic mass is 9.94. The number of likely N-dealkylation sites (tertiary alicyclic amines) is 1.